The summed E-state index contributed by atoms with van der Waals surface area (Å²) in [7, 11) is 0. The van der Waals surface area contributed by atoms with Crippen LogP contribution >= 0.6 is 0 Å². The van der Waals surface area contributed by atoms with E-state index in [1.165, 1.54) is 18.3 Å². The molecule has 2 rings (SSSR count). The van der Waals surface area contributed by atoms with Gasteiger partial charge in [0.25, 0.3) is 5.56 Å². The third kappa shape index (κ3) is 3.83. The molecule has 0 amide bonds. The summed E-state index contributed by atoms with van der Waals surface area (Å²) in [5.74, 6) is 0. The molecular weight excluding hydrogens is 323 g/mol. The molecule has 2 aromatic heterocycles. The van der Waals surface area contributed by atoms with Gasteiger partial charge in [0.05, 0.1) is 23.9 Å². The van der Waals surface area contributed by atoms with Crippen molar-refractivity contribution in [2.75, 3.05) is 0 Å². The maximum absolute atomic E-state index is 13.0. The van der Waals surface area contributed by atoms with Crippen LogP contribution in [0.4, 0.5) is 13.2 Å². The zero-order valence-corrected chi connectivity index (χ0v) is 13.1. The molecule has 2 heterocycles. The number of pyridine rings is 1. The van der Waals surface area contributed by atoms with Gasteiger partial charge in [-0.25, -0.2) is 0 Å². The highest BCUT2D eigenvalue weighted by atomic mass is 19.4. The van der Waals surface area contributed by atoms with Gasteiger partial charge in [0, 0.05) is 11.7 Å². The van der Waals surface area contributed by atoms with Crippen molar-refractivity contribution in [1.29, 1.82) is 5.26 Å². The second-order valence-corrected chi connectivity index (χ2v) is 6.07. The quantitative estimate of drug-likeness (QED) is 0.922. The number of rotatable bonds is 4. The molecule has 0 aliphatic rings. The molecule has 0 radical (unpaired) electrons. The van der Waals surface area contributed by atoms with Crippen molar-refractivity contribution in [2.45, 2.75) is 38.7 Å². The van der Waals surface area contributed by atoms with E-state index in [0.717, 1.165) is 15.3 Å². The van der Waals surface area contributed by atoms with E-state index in [0.29, 0.717) is 0 Å². The van der Waals surface area contributed by atoms with Crippen LogP contribution in [-0.4, -0.2) is 19.9 Å². The van der Waals surface area contributed by atoms with Crippen LogP contribution in [0.3, 0.4) is 0 Å². The van der Waals surface area contributed by atoms with Crippen LogP contribution in [-0.2, 0) is 19.3 Å². The van der Waals surface area contributed by atoms with E-state index in [1.54, 1.807) is 13.8 Å². The molecule has 0 aromatic carbocycles. The van der Waals surface area contributed by atoms with Gasteiger partial charge in [-0.05, 0) is 32.0 Å². The van der Waals surface area contributed by atoms with Crippen LogP contribution in [0, 0.1) is 11.3 Å². The zero-order chi connectivity index (χ0) is 18.1. The van der Waals surface area contributed by atoms with Crippen molar-refractivity contribution >= 4 is 0 Å². The summed E-state index contributed by atoms with van der Waals surface area (Å²) in [4.78, 5) is 12.4. The van der Waals surface area contributed by atoms with Crippen molar-refractivity contribution in [3.8, 4) is 17.3 Å². The molecule has 0 saturated heterocycles. The van der Waals surface area contributed by atoms with Gasteiger partial charge in [-0.2, -0.15) is 23.5 Å². The summed E-state index contributed by atoms with van der Waals surface area (Å²) in [5.41, 5.74) is 3.42. The average molecular weight is 339 g/mol. The Hall–Kier alpha value is -2.60. The molecule has 0 spiro atoms. The van der Waals surface area contributed by atoms with Crippen molar-refractivity contribution in [3.05, 3.63) is 40.4 Å². The summed E-state index contributed by atoms with van der Waals surface area (Å²) < 4.78 is 41.2. The number of aromatic nitrogens is 3. The summed E-state index contributed by atoms with van der Waals surface area (Å²) in [6.07, 6.45) is -3.24. The largest absolute Gasteiger partial charge is 0.435 e. The van der Waals surface area contributed by atoms with E-state index < -0.39 is 23.0 Å². The molecular formula is C15H16F3N5O. The molecule has 0 saturated carbocycles. The maximum Gasteiger partial charge on any atom is 0.435 e. The van der Waals surface area contributed by atoms with E-state index in [2.05, 4.69) is 5.10 Å². The highest BCUT2D eigenvalue weighted by Gasteiger charge is 2.35. The lowest BCUT2D eigenvalue weighted by Crippen LogP contribution is -2.38. The van der Waals surface area contributed by atoms with Crippen molar-refractivity contribution < 1.29 is 13.2 Å². The first kappa shape index (κ1) is 17.7. The smallest absolute Gasteiger partial charge is 0.324 e. The SMILES string of the molecule is CC(C)(N)Cn1nc(C(F)(F)F)cc1-c1cccn(CC#N)c1=O. The highest BCUT2D eigenvalue weighted by Crippen LogP contribution is 2.31. The van der Waals surface area contributed by atoms with Crippen LogP contribution < -0.4 is 11.3 Å². The lowest BCUT2D eigenvalue weighted by molar-refractivity contribution is -0.141. The first-order valence-corrected chi connectivity index (χ1v) is 7.03. The molecule has 6 nitrogen and oxygen atoms in total. The highest BCUT2D eigenvalue weighted by molar-refractivity contribution is 5.59. The van der Waals surface area contributed by atoms with Gasteiger partial charge in [-0.3, -0.25) is 9.48 Å². The molecule has 24 heavy (non-hydrogen) atoms. The van der Waals surface area contributed by atoms with Gasteiger partial charge >= 0.3 is 6.18 Å². The Kier molecular flexibility index (Phi) is 4.53. The van der Waals surface area contributed by atoms with E-state index in [4.69, 9.17) is 11.0 Å². The molecule has 2 aromatic rings. The van der Waals surface area contributed by atoms with Gasteiger partial charge in [0.1, 0.15) is 6.54 Å². The lowest BCUT2D eigenvalue weighted by Gasteiger charge is -2.20. The summed E-state index contributed by atoms with van der Waals surface area (Å²) in [5, 5.41) is 12.3. The molecule has 0 bridgehead atoms. The fraction of sp³-hybridized carbons (Fsp3) is 0.400. The minimum atomic E-state index is -4.64. The minimum absolute atomic E-state index is 0.00893. The normalized spacial score (nSPS) is 12.2. The third-order valence-corrected chi connectivity index (χ3v) is 3.16. The van der Waals surface area contributed by atoms with Crippen LogP contribution in [0.15, 0.2) is 29.2 Å². The van der Waals surface area contributed by atoms with Crippen molar-refractivity contribution in [2.24, 2.45) is 5.73 Å². The summed E-state index contributed by atoms with van der Waals surface area (Å²) in [6.45, 7) is 3.08. The maximum atomic E-state index is 13.0. The molecule has 0 atom stereocenters. The fourth-order valence-corrected chi connectivity index (χ4v) is 2.21. The monoisotopic (exact) mass is 339 g/mol. The molecule has 0 aliphatic heterocycles. The van der Waals surface area contributed by atoms with Crippen LogP contribution in [0.2, 0.25) is 0 Å². The Balaban J connectivity index is 2.65. The first-order chi connectivity index (χ1) is 11.0. The van der Waals surface area contributed by atoms with Gasteiger partial charge in [0.15, 0.2) is 5.69 Å². The minimum Gasteiger partial charge on any atom is -0.324 e. The first-order valence-electron chi connectivity index (χ1n) is 7.03. The Labute approximate surface area is 135 Å². The van der Waals surface area contributed by atoms with E-state index in [9.17, 15) is 18.0 Å². The van der Waals surface area contributed by atoms with Gasteiger partial charge in [0.2, 0.25) is 0 Å². The number of alkyl halides is 3. The standard InChI is InChI=1S/C15H16F3N5O/c1-14(2,20)9-23-11(8-12(21-23)15(16,17)18)10-4-3-6-22(7-5-19)13(10)24/h3-4,6,8H,7,9,20H2,1-2H3. The average Bonchev–Trinajstić information content (AvgIpc) is 2.83. The molecule has 2 N–H and O–H groups in total. The number of nitriles is 1. The number of halogens is 3. The number of nitrogens with two attached hydrogens (primary N) is 1. The zero-order valence-electron chi connectivity index (χ0n) is 13.1. The summed E-state index contributed by atoms with van der Waals surface area (Å²) >= 11 is 0. The van der Waals surface area contributed by atoms with Gasteiger partial charge in [-0.1, -0.05) is 0 Å². The number of hydrogen-bond acceptors (Lipinski definition) is 4. The Morgan fingerprint density at radius 3 is 2.58 bits per heavy atom. The van der Waals surface area contributed by atoms with Gasteiger partial charge < -0.3 is 10.3 Å². The number of nitrogens with zero attached hydrogens (tertiary/aromatic N) is 4. The Morgan fingerprint density at radius 2 is 2.04 bits per heavy atom. The number of hydrogen-bond donors (Lipinski definition) is 1. The van der Waals surface area contributed by atoms with Crippen molar-refractivity contribution in [3.63, 3.8) is 0 Å². The molecule has 9 heteroatoms. The Bertz CT molecular complexity index is 837. The lowest BCUT2D eigenvalue weighted by atomic mass is 10.1. The Morgan fingerprint density at radius 1 is 1.38 bits per heavy atom. The predicted octanol–water partition coefficient (Wildman–Crippen LogP) is 1.99. The van der Waals surface area contributed by atoms with Crippen LogP contribution in [0.5, 0.6) is 0 Å². The summed E-state index contributed by atoms with van der Waals surface area (Å²) in [6, 6.07) is 5.53. The second-order valence-electron chi connectivity index (χ2n) is 6.07. The molecule has 0 aliphatic carbocycles. The van der Waals surface area contributed by atoms with Gasteiger partial charge in [-0.15, -0.1) is 0 Å². The van der Waals surface area contributed by atoms with Crippen LogP contribution in [0.1, 0.15) is 19.5 Å². The van der Waals surface area contributed by atoms with E-state index in [1.807, 2.05) is 6.07 Å². The third-order valence-electron chi connectivity index (χ3n) is 3.16. The topological polar surface area (TPSA) is 89.6 Å². The molecule has 0 unspecified atom stereocenters. The van der Waals surface area contributed by atoms with Crippen LogP contribution in [0.25, 0.3) is 11.3 Å². The van der Waals surface area contributed by atoms with E-state index in [-0.39, 0.29) is 24.3 Å². The van der Waals surface area contributed by atoms with Crippen molar-refractivity contribution in [1.82, 2.24) is 14.3 Å². The molecule has 128 valence electrons. The predicted molar refractivity (Wildman–Crippen MR) is 80.8 cm³/mol. The fourth-order valence-electron chi connectivity index (χ4n) is 2.21. The molecule has 0 fully saturated rings. The second kappa shape index (κ2) is 6.13. The van der Waals surface area contributed by atoms with E-state index >= 15 is 0 Å².